The number of carboxylic acid groups (broad SMARTS) is 1. The van der Waals surface area contributed by atoms with E-state index in [2.05, 4.69) is 4.98 Å². The van der Waals surface area contributed by atoms with Gasteiger partial charge in [-0.15, -0.1) is 11.3 Å². The maximum atomic E-state index is 10.9. The average Bonchev–Trinajstić information content (AvgIpc) is 2.95. The first-order chi connectivity index (χ1) is 8.66. The minimum absolute atomic E-state index is 0.123. The summed E-state index contributed by atoms with van der Waals surface area (Å²) in [6, 6.07) is 8.00. The van der Waals surface area contributed by atoms with E-state index < -0.39 is 5.97 Å². The highest BCUT2D eigenvalue weighted by molar-refractivity contribution is 7.11. The van der Waals surface area contributed by atoms with E-state index in [4.69, 9.17) is 5.11 Å². The van der Waals surface area contributed by atoms with E-state index in [0.29, 0.717) is 5.69 Å². The molecule has 2 aromatic heterocycles. The van der Waals surface area contributed by atoms with Crippen LogP contribution in [0.3, 0.4) is 0 Å². The maximum Gasteiger partial charge on any atom is 0.365 e. The zero-order valence-electron chi connectivity index (χ0n) is 9.62. The van der Waals surface area contributed by atoms with E-state index in [-0.39, 0.29) is 5.01 Å². The Bertz CT molecular complexity index is 742. The fourth-order valence-electron chi connectivity index (χ4n) is 2.04. The Balaban J connectivity index is 2.22. The van der Waals surface area contributed by atoms with Gasteiger partial charge in [-0.3, -0.25) is 0 Å². The van der Waals surface area contributed by atoms with Crippen LogP contribution in [0, 0.1) is 0 Å². The number of fused-ring (bicyclic) bond motifs is 1. The molecular formula is C13H10N2O2S. The van der Waals surface area contributed by atoms with Crippen molar-refractivity contribution in [3.63, 3.8) is 0 Å². The van der Waals surface area contributed by atoms with E-state index in [1.165, 1.54) is 0 Å². The summed E-state index contributed by atoms with van der Waals surface area (Å²) in [7, 11) is 1.97. The van der Waals surface area contributed by atoms with Gasteiger partial charge in [0.1, 0.15) is 0 Å². The third-order valence-corrected chi connectivity index (χ3v) is 3.69. The quantitative estimate of drug-likeness (QED) is 0.768. The molecule has 4 nitrogen and oxygen atoms in total. The molecule has 0 atom stereocenters. The van der Waals surface area contributed by atoms with E-state index in [1.807, 2.05) is 42.1 Å². The highest BCUT2D eigenvalue weighted by Crippen LogP contribution is 2.30. The van der Waals surface area contributed by atoms with Crippen LogP contribution in [-0.2, 0) is 7.05 Å². The molecule has 3 rings (SSSR count). The Morgan fingerprint density at radius 1 is 1.39 bits per heavy atom. The lowest BCUT2D eigenvalue weighted by Crippen LogP contribution is -1.94. The number of benzene rings is 1. The Morgan fingerprint density at radius 3 is 2.89 bits per heavy atom. The lowest BCUT2D eigenvalue weighted by Gasteiger charge is -1.93. The number of carbonyl (C=O) groups is 1. The molecule has 3 aromatic rings. The average molecular weight is 258 g/mol. The molecule has 0 radical (unpaired) electrons. The first kappa shape index (κ1) is 11.0. The van der Waals surface area contributed by atoms with Crippen molar-refractivity contribution in [2.45, 2.75) is 0 Å². The number of nitrogens with zero attached hydrogens (tertiary/aromatic N) is 2. The smallest absolute Gasteiger partial charge is 0.365 e. The second-order valence-corrected chi connectivity index (χ2v) is 4.87. The van der Waals surface area contributed by atoms with Gasteiger partial charge < -0.3 is 9.67 Å². The first-order valence-electron chi connectivity index (χ1n) is 5.40. The molecule has 18 heavy (non-hydrogen) atoms. The van der Waals surface area contributed by atoms with Gasteiger partial charge in [-0.05, 0) is 6.07 Å². The van der Waals surface area contributed by atoms with E-state index in [1.54, 1.807) is 5.38 Å². The summed E-state index contributed by atoms with van der Waals surface area (Å²) in [5.41, 5.74) is 2.79. The van der Waals surface area contributed by atoms with Crippen LogP contribution in [0.5, 0.6) is 0 Å². The van der Waals surface area contributed by atoms with Gasteiger partial charge in [0.2, 0.25) is 5.01 Å². The molecule has 5 heteroatoms. The van der Waals surface area contributed by atoms with Crippen LogP contribution in [0.15, 0.2) is 35.8 Å². The monoisotopic (exact) mass is 258 g/mol. The third-order valence-electron chi connectivity index (χ3n) is 2.86. The summed E-state index contributed by atoms with van der Waals surface area (Å²) in [6.07, 6.45) is 1.98. The van der Waals surface area contributed by atoms with Crippen molar-refractivity contribution in [2.24, 2.45) is 7.05 Å². The number of aromatic carboxylic acids is 1. The highest BCUT2D eigenvalue weighted by Gasteiger charge is 2.14. The molecule has 90 valence electrons. The number of rotatable bonds is 2. The Hall–Kier alpha value is -2.14. The van der Waals surface area contributed by atoms with Crippen molar-refractivity contribution < 1.29 is 9.90 Å². The molecule has 0 saturated carbocycles. The van der Waals surface area contributed by atoms with Gasteiger partial charge in [-0.2, -0.15) is 0 Å². The zero-order chi connectivity index (χ0) is 12.7. The van der Waals surface area contributed by atoms with E-state index in [0.717, 1.165) is 27.8 Å². The summed E-state index contributed by atoms with van der Waals surface area (Å²) in [5.74, 6) is -0.980. The summed E-state index contributed by atoms with van der Waals surface area (Å²) in [6.45, 7) is 0. The highest BCUT2D eigenvalue weighted by atomic mass is 32.1. The van der Waals surface area contributed by atoms with Crippen LogP contribution < -0.4 is 0 Å². The Morgan fingerprint density at radius 2 is 2.17 bits per heavy atom. The number of hydrogen-bond acceptors (Lipinski definition) is 3. The van der Waals surface area contributed by atoms with E-state index >= 15 is 0 Å². The van der Waals surface area contributed by atoms with Crippen molar-refractivity contribution >= 4 is 28.2 Å². The van der Waals surface area contributed by atoms with Gasteiger partial charge in [0.05, 0.1) is 5.69 Å². The van der Waals surface area contributed by atoms with Gasteiger partial charge in [0, 0.05) is 35.1 Å². The third kappa shape index (κ3) is 1.60. The topological polar surface area (TPSA) is 55.1 Å². The molecule has 0 spiro atoms. The maximum absolute atomic E-state index is 10.9. The summed E-state index contributed by atoms with van der Waals surface area (Å²) in [4.78, 5) is 15.0. The standard InChI is InChI=1S/C13H10N2O2S/c1-15-6-9(8-4-2-3-5-11(8)15)10-7-18-12(14-10)13(16)17/h2-7H,1H3,(H,16,17). The molecule has 0 bridgehead atoms. The van der Waals surface area contributed by atoms with Crippen LogP contribution in [0.25, 0.3) is 22.2 Å². The van der Waals surface area contributed by atoms with Crippen LogP contribution in [-0.4, -0.2) is 20.6 Å². The lowest BCUT2D eigenvalue weighted by molar-refractivity contribution is 0.0696. The molecule has 0 aliphatic rings. The van der Waals surface area contributed by atoms with Crippen molar-refractivity contribution in [2.75, 3.05) is 0 Å². The first-order valence-corrected chi connectivity index (χ1v) is 6.28. The van der Waals surface area contributed by atoms with Crippen molar-refractivity contribution in [3.8, 4) is 11.3 Å². The molecule has 1 N–H and O–H groups in total. The fourth-order valence-corrected chi connectivity index (χ4v) is 2.70. The number of para-hydroxylation sites is 1. The van der Waals surface area contributed by atoms with Crippen molar-refractivity contribution in [1.29, 1.82) is 0 Å². The minimum Gasteiger partial charge on any atom is -0.476 e. The molecule has 0 aliphatic heterocycles. The van der Waals surface area contributed by atoms with Crippen molar-refractivity contribution in [1.82, 2.24) is 9.55 Å². The summed E-state index contributed by atoms with van der Waals surface area (Å²) in [5, 5.41) is 11.9. The lowest BCUT2D eigenvalue weighted by atomic mass is 10.1. The minimum atomic E-state index is -0.980. The van der Waals surface area contributed by atoms with Crippen LogP contribution in [0.1, 0.15) is 9.80 Å². The van der Waals surface area contributed by atoms with Gasteiger partial charge >= 0.3 is 5.97 Å². The van der Waals surface area contributed by atoms with Crippen LogP contribution >= 0.6 is 11.3 Å². The molecule has 0 fully saturated rings. The largest absolute Gasteiger partial charge is 0.476 e. The number of thiazole rings is 1. The van der Waals surface area contributed by atoms with Crippen LogP contribution in [0.4, 0.5) is 0 Å². The van der Waals surface area contributed by atoms with E-state index in [9.17, 15) is 4.79 Å². The fraction of sp³-hybridized carbons (Fsp3) is 0.0769. The molecule has 0 saturated heterocycles. The molecule has 0 amide bonds. The second-order valence-electron chi connectivity index (χ2n) is 4.01. The normalized spacial score (nSPS) is 10.9. The van der Waals surface area contributed by atoms with Gasteiger partial charge in [-0.25, -0.2) is 9.78 Å². The Labute approximate surface area is 107 Å². The van der Waals surface area contributed by atoms with Crippen molar-refractivity contribution in [3.05, 3.63) is 40.8 Å². The molecule has 0 aliphatic carbocycles. The molecule has 0 unspecified atom stereocenters. The number of aromatic nitrogens is 2. The number of carboxylic acids is 1. The van der Waals surface area contributed by atoms with Crippen LogP contribution in [0.2, 0.25) is 0 Å². The van der Waals surface area contributed by atoms with Gasteiger partial charge in [-0.1, -0.05) is 18.2 Å². The molecular weight excluding hydrogens is 248 g/mol. The predicted molar refractivity (Wildman–Crippen MR) is 71.0 cm³/mol. The summed E-state index contributed by atoms with van der Waals surface area (Å²) < 4.78 is 2.02. The molecule has 1 aromatic carbocycles. The van der Waals surface area contributed by atoms with Gasteiger partial charge in [0.25, 0.3) is 0 Å². The predicted octanol–water partition coefficient (Wildman–Crippen LogP) is 3.00. The Kier molecular flexibility index (Phi) is 2.41. The zero-order valence-corrected chi connectivity index (χ0v) is 10.4. The SMILES string of the molecule is Cn1cc(-c2csc(C(=O)O)n2)c2ccccc21. The molecule has 2 heterocycles. The summed E-state index contributed by atoms with van der Waals surface area (Å²) >= 11 is 1.15. The number of hydrogen-bond donors (Lipinski definition) is 1. The van der Waals surface area contributed by atoms with Gasteiger partial charge in [0.15, 0.2) is 0 Å². The number of aryl methyl sites for hydroxylation is 1. The second kappa shape index (κ2) is 3.96.